The third-order valence-corrected chi connectivity index (χ3v) is 6.92. The number of hydrogen-bond acceptors (Lipinski definition) is 4. The van der Waals surface area contributed by atoms with Crippen LogP contribution in [-0.2, 0) is 0 Å². The highest BCUT2D eigenvalue weighted by Gasteiger charge is 2.03. The van der Waals surface area contributed by atoms with Crippen molar-refractivity contribution in [2.24, 2.45) is 0 Å². The van der Waals surface area contributed by atoms with Gasteiger partial charge in [0, 0.05) is 0 Å². The molecule has 4 heteroatoms. The summed E-state index contributed by atoms with van der Waals surface area (Å²) in [7, 11) is 0. The fourth-order valence-electron chi connectivity index (χ4n) is 4.42. The first-order valence-corrected chi connectivity index (χ1v) is 14.4. The van der Waals surface area contributed by atoms with E-state index in [1.807, 2.05) is 123 Å². The molecule has 0 aliphatic rings. The molecule has 0 unspecified atom stereocenters. The van der Waals surface area contributed by atoms with Gasteiger partial charge in [-0.3, -0.25) is 0 Å². The minimum absolute atomic E-state index is 0.643. The fraction of sp³-hybridized carbons (Fsp3) is 0.211. The molecule has 0 amide bonds. The lowest BCUT2D eigenvalue weighted by Gasteiger charge is -2.08. The maximum atomic E-state index is 9.56. The summed E-state index contributed by atoms with van der Waals surface area (Å²) in [6, 6.07) is 36.3. The van der Waals surface area contributed by atoms with Crippen LogP contribution in [0, 0.1) is 36.5 Å². The van der Waals surface area contributed by atoms with E-state index in [9.17, 15) is 10.5 Å². The molecule has 0 heterocycles. The molecule has 4 nitrogen and oxygen atoms in total. The zero-order valence-electron chi connectivity index (χ0n) is 24.3. The third kappa shape index (κ3) is 9.26. The van der Waals surface area contributed by atoms with E-state index in [1.165, 1.54) is 11.1 Å². The Balaban J connectivity index is 1.12. The van der Waals surface area contributed by atoms with Gasteiger partial charge in [0.1, 0.15) is 11.5 Å². The molecule has 0 aliphatic heterocycles. The Hall–Kier alpha value is -5.06. The van der Waals surface area contributed by atoms with E-state index in [4.69, 9.17) is 9.47 Å². The van der Waals surface area contributed by atoms with Gasteiger partial charge in [0.15, 0.2) is 0 Å². The summed E-state index contributed by atoms with van der Waals surface area (Å²) >= 11 is 0. The van der Waals surface area contributed by atoms with Gasteiger partial charge >= 0.3 is 0 Å². The lowest BCUT2D eigenvalue weighted by Crippen LogP contribution is -2.00. The molecule has 4 aromatic rings. The number of aryl methyl sites for hydroxylation is 2. The number of unbranched alkanes of at least 4 members (excludes halogenated alkanes) is 3. The number of hydrogen-bond donors (Lipinski definition) is 0. The van der Waals surface area contributed by atoms with Crippen LogP contribution in [0.1, 0.15) is 59.1 Å². The highest BCUT2D eigenvalue weighted by atomic mass is 16.5. The summed E-state index contributed by atoms with van der Waals surface area (Å²) in [5, 5.41) is 19.1. The van der Waals surface area contributed by atoms with Gasteiger partial charge in [-0.25, -0.2) is 0 Å². The van der Waals surface area contributed by atoms with Crippen LogP contribution in [0.2, 0.25) is 0 Å². The van der Waals surface area contributed by atoms with Crippen molar-refractivity contribution in [2.45, 2.75) is 39.5 Å². The second kappa shape index (κ2) is 15.7. The summed E-state index contributed by atoms with van der Waals surface area (Å²) in [5.74, 6) is 1.67. The zero-order valence-corrected chi connectivity index (χ0v) is 24.3. The molecule has 0 saturated heterocycles. The van der Waals surface area contributed by atoms with E-state index in [0.29, 0.717) is 24.4 Å². The van der Waals surface area contributed by atoms with Gasteiger partial charge in [-0.1, -0.05) is 83.9 Å². The first-order valence-electron chi connectivity index (χ1n) is 14.4. The Morgan fingerprint density at radius 1 is 0.524 bits per heavy atom. The van der Waals surface area contributed by atoms with E-state index in [1.54, 1.807) is 0 Å². The molecule has 210 valence electrons. The van der Waals surface area contributed by atoms with Crippen molar-refractivity contribution in [3.63, 3.8) is 0 Å². The number of ether oxygens (including phenoxy) is 2. The second-order valence-electron chi connectivity index (χ2n) is 10.3. The Kier molecular flexibility index (Phi) is 11.1. The summed E-state index contributed by atoms with van der Waals surface area (Å²) in [6.45, 7) is 5.42. The molecule has 42 heavy (non-hydrogen) atoms. The van der Waals surface area contributed by atoms with Gasteiger partial charge in [0.25, 0.3) is 0 Å². The second-order valence-corrected chi connectivity index (χ2v) is 10.3. The van der Waals surface area contributed by atoms with Crippen molar-refractivity contribution in [3.8, 4) is 23.6 Å². The highest BCUT2D eigenvalue weighted by molar-refractivity contribution is 5.90. The minimum atomic E-state index is 0.643. The van der Waals surface area contributed by atoms with Crippen molar-refractivity contribution in [2.75, 3.05) is 13.2 Å². The van der Waals surface area contributed by atoms with Crippen LogP contribution in [0.25, 0.3) is 23.3 Å². The Labute approximate surface area is 249 Å². The highest BCUT2D eigenvalue weighted by Crippen LogP contribution is 2.22. The van der Waals surface area contributed by atoms with Gasteiger partial charge in [0.2, 0.25) is 0 Å². The molecule has 0 N–H and O–H groups in total. The molecule has 0 bridgehead atoms. The van der Waals surface area contributed by atoms with Gasteiger partial charge in [-0.05, 0) is 98.2 Å². The van der Waals surface area contributed by atoms with E-state index in [0.717, 1.165) is 59.4 Å². The van der Waals surface area contributed by atoms with Crippen LogP contribution in [0.3, 0.4) is 0 Å². The average molecular weight is 553 g/mol. The molecule has 4 aromatic carbocycles. The SMILES string of the molecule is Cc1ccc(/C(C#N)=C/c2ccc(OCCCCCCOc3ccc(/C=C(/C#N)c4ccc(C)cc4)cc3)cc2)cc1. The summed E-state index contributed by atoms with van der Waals surface area (Å²) in [6.07, 6.45) is 7.92. The number of benzene rings is 4. The number of rotatable bonds is 13. The topological polar surface area (TPSA) is 66.0 Å². The number of nitrogens with zero attached hydrogens (tertiary/aromatic N) is 2. The van der Waals surface area contributed by atoms with Crippen LogP contribution in [0.15, 0.2) is 97.1 Å². The third-order valence-electron chi connectivity index (χ3n) is 6.92. The minimum Gasteiger partial charge on any atom is -0.494 e. The van der Waals surface area contributed by atoms with Crippen LogP contribution in [-0.4, -0.2) is 13.2 Å². The molecule has 4 rings (SSSR count). The molecule has 0 aromatic heterocycles. The Morgan fingerprint density at radius 2 is 0.881 bits per heavy atom. The van der Waals surface area contributed by atoms with E-state index < -0.39 is 0 Å². The Morgan fingerprint density at radius 3 is 1.21 bits per heavy atom. The Bertz CT molecular complexity index is 1440. The van der Waals surface area contributed by atoms with Gasteiger partial charge in [-0.2, -0.15) is 10.5 Å². The molecule has 0 fully saturated rings. The molecular weight excluding hydrogens is 516 g/mol. The van der Waals surface area contributed by atoms with Gasteiger partial charge in [-0.15, -0.1) is 0 Å². The first kappa shape index (κ1) is 29.9. The largest absolute Gasteiger partial charge is 0.494 e. The lowest BCUT2D eigenvalue weighted by atomic mass is 10.0. The smallest absolute Gasteiger partial charge is 0.119 e. The maximum Gasteiger partial charge on any atom is 0.119 e. The quantitative estimate of drug-likeness (QED) is 0.0941. The lowest BCUT2D eigenvalue weighted by molar-refractivity contribution is 0.287. The van der Waals surface area contributed by atoms with Crippen molar-refractivity contribution in [1.82, 2.24) is 0 Å². The summed E-state index contributed by atoms with van der Waals surface area (Å²) in [4.78, 5) is 0. The number of nitriles is 2. The molecule has 0 atom stereocenters. The van der Waals surface area contributed by atoms with Gasteiger partial charge < -0.3 is 9.47 Å². The molecule has 0 radical (unpaired) electrons. The molecule has 0 aliphatic carbocycles. The normalized spacial score (nSPS) is 11.4. The predicted molar refractivity (Wildman–Crippen MR) is 172 cm³/mol. The number of allylic oxidation sites excluding steroid dienone is 2. The van der Waals surface area contributed by atoms with Gasteiger partial charge in [0.05, 0.1) is 36.5 Å². The monoisotopic (exact) mass is 552 g/mol. The van der Waals surface area contributed by atoms with Crippen molar-refractivity contribution in [3.05, 3.63) is 130 Å². The van der Waals surface area contributed by atoms with Crippen molar-refractivity contribution in [1.29, 1.82) is 10.5 Å². The van der Waals surface area contributed by atoms with E-state index in [-0.39, 0.29) is 0 Å². The van der Waals surface area contributed by atoms with Crippen LogP contribution in [0.5, 0.6) is 11.5 Å². The van der Waals surface area contributed by atoms with Crippen LogP contribution < -0.4 is 9.47 Å². The predicted octanol–water partition coefficient (Wildman–Crippen LogP) is 9.45. The molecular formula is C38H36N2O2. The zero-order chi connectivity index (χ0) is 29.6. The first-order chi connectivity index (χ1) is 20.5. The van der Waals surface area contributed by atoms with Crippen molar-refractivity contribution < 1.29 is 9.47 Å². The van der Waals surface area contributed by atoms with Crippen LogP contribution >= 0.6 is 0 Å². The standard InChI is InChI=1S/C38H36N2O2/c1-29-7-15-33(16-8-29)35(27-39)25-31-11-19-37(20-12-31)41-23-5-3-4-6-24-42-38-21-13-32(14-22-38)26-36(28-40)34-17-9-30(2)10-18-34/h7-22,25-26H,3-6,23-24H2,1-2H3/b35-25-,36-26+. The maximum absolute atomic E-state index is 9.56. The van der Waals surface area contributed by atoms with E-state index >= 15 is 0 Å². The van der Waals surface area contributed by atoms with Crippen molar-refractivity contribution >= 4 is 23.3 Å². The average Bonchev–Trinajstić information content (AvgIpc) is 3.02. The van der Waals surface area contributed by atoms with Crippen LogP contribution in [0.4, 0.5) is 0 Å². The molecule has 0 spiro atoms. The summed E-state index contributed by atoms with van der Waals surface area (Å²) in [5.41, 5.74) is 7.42. The van der Waals surface area contributed by atoms with E-state index in [2.05, 4.69) is 12.1 Å². The fourth-order valence-corrected chi connectivity index (χ4v) is 4.42. The molecule has 0 saturated carbocycles. The summed E-state index contributed by atoms with van der Waals surface area (Å²) < 4.78 is 11.8.